The van der Waals surface area contributed by atoms with Gasteiger partial charge in [0.25, 0.3) is 0 Å². The van der Waals surface area contributed by atoms with Crippen LogP contribution in [0.1, 0.15) is 18.4 Å². The average molecular weight is 319 g/mol. The van der Waals surface area contributed by atoms with Gasteiger partial charge in [0, 0.05) is 30.1 Å². The van der Waals surface area contributed by atoms with E-state index in [-0.39, 0.29) is 10.6 Å². The molecular formula is C19H17N3O2. The van der Waals surface area contributed by atoms with Crippen molar-refractivity contribution in [2.45, 2.75) is 12.8 Å². The highest BCUT2D eigenvalue weighted by molar-refractivity contribution is 6.09. The first-order valence-electron chi connectivity index (χ1n) is 8.11. The molecule has 5 nitrogen and oxygen atoms in total. The van der Waals surface area contributed by atoms with Gasteiger partial charge in [-0.2, -0.15) is 0 Å². The molecule has 2 aromatic carbocycles. The Morgan fingerprint density at radius 1 is 1.08 bits per heavy atom. The predicted octanol–water partition coefficient (Wildman–Crippen LogP) is 4.36. The van der Waals surface area contributed by atoms with Gasteiger partial charge < -0.3 is 4.90 Å². The molecular weight excluding hydrogens is 302 g/mol. The monoisotopic (exact) mass is 319 g/mol. The number of nitrogens with zero attached hydrogens (tertiary/aromatic N) is 3. The van der Waals surface area contributed by atoms with E-state index < -0.39 is 0 Å². The van der Waals surface area contributed by atoms with Crippen LogP contribution < -0.4 is 0 Å². The molecule has 5 heteroatoms. The lowest BCUT2D eigenvalue weighted by molar-refractivity contribution is -0.383. The van der Waals surface area contributed by atoms with Crippen LogP contribution in [-0.2, 0) is 0 Å². The van der Waals surface area contributed by atoms with Gasteiger partial charge in [-0.15, -0.1) is 0 Å². The van der Waals surface area contributed by atoms with Crippen LogP contribution in [0, 0.1) is 10.1 Å². The van der Waals surface area contributed by atoms with Crippen molar-refractivity contribution in [1.29, 1.82) is 0 Å². The van der Waals surface area contributed by atoms with Crippen molar-refractivity contribution in [3.05, 3.63) is 64.5 Å². The highest BCUT2D eigenvalue weighted by Crippen LogP contribution is 2.33. The van der Waals surface area contributed by atoms with E-state index in [2.05, 4.69) is 9.88 Å². The second-order valence-corrected chi connectivity index (χ2v) is 6.06. The summed E-state index contributed by atoms with van der Waals surface area (Å²) in [6.45, 7) is 2.03. The Hall–Kier alpha value is -2.95. The van der Waals surface area contributed by atoms with Crippen LogP contribution in [-0.4, -0.2) is 27.9 Å². The van der Waals surface area contributed by atoms with Crippen molar-refractivity contribution in [1.82, 2.24) is 9.88 Å². The second kappa shape index (κ2) is 5.92. The van der Waals surface area contributed by atoms with Crippen LogP contribution in [0.3, 0.4) is 0 Å². The molecule has 0 unspecified atom stereocenters. The molecule has 1 aliphatic rings. The Bertz CT molecular complexity index is 959. The third-order valence-electron chi connectivity index (χ3n) is 4.55. The summed E-state index contributed by atoms with van der Waals surface area (Å²) in [5.41, 5.74) is 1.12. The molecule has 1 saturated heterocycles. The molecule has 0 aliphatic carbocycles. The molecule has 120 valence electrons. The van der Waals surface area contributed by atoms with E-state index in [1.54, 1.807) is 6.20 Å². The number of hydrogen-bond acceptors (Lipinski definition) is 4. The lowest BCUT2D eigenvalue weighted by atomic mass is 10.0. The van der Waals surface area contributed by atoms with E-state index in [4.69, 9.17) is 0 Å². The van der Waals surface area contributed by atoms with E-state index >= 15 is 0 Å². The third-order valence-corrected chi connectivity index (χ3v) is 4.55. The fourth-order valence-electron chi connectivity index (χ4n) is 3.33. The average Bonchev–Trinajstić information content (AvgIpc) is 3.12. The van der Waals surface area contributed by atoms with Gasteiger partial charge in [-0.3, -0.25) is 10.1 Å². The predicted molar refractivity (Wildman–Crippen MR) is 95.7 cm³/mol. The minimum atomic E-state index is -0.326. The van der Waals surface area contributed by atoms with Gasteiger partial charge in [-0.25, -0.2) is 4.98 Å². The summed E-state index contributed by atoms with van der Waals surface area (Å²) in [4.78, 5) is 17.9. The molecule has 0 atom stereocenters. The van der Waals surface area contributed by atoms with E-state index in [1.165, 1.54) is 12.8 Å². The number of benzene rings is 2. The summed E-state index contributed by atoms with van der Waals surface area (Å²) >= 11 is 0. The zero-order chi connectivity index (χ0) is 16.5. The van der Waals surface area contributed by atoms with Crippen LogP contribution in [0.15, 0.2) is 48.8 Å². The summed E-state index contributed by atoms with van der Waals surface area (Å²) in [6.07, 6.45) is 7.86. The van der Waals surface area contributed by atoms with Gasteiger partial charge in [0.1, 0.15) is 5.52 Å². The Morgan fingerprint density at radius 2 is 1.88 bits per heavy atom. The summed E-state index contributed by atoms with van der Waals surface area (Å²) in [6, 6.07) is 11.6. The largest absolute Gasteiger partial charge is 0.377 e. The third kappa shape index (κ3) is 2.48. The lowest BCUT2D eigenvalue weighted by Crippen LogP contribution is -2.10. The fraction of sp³-hybridized carbons (Fsp3) is 0.211. The van der Waals surface area contributed by atoms with Crippen molar-refractivity contribution < 1.29 is 4.92 Å². The molecule has 2 heterocycles. The molecule has 0 radical (unpaired) electrons. The molecule has 4 rings (SSSR count). The molecule has 0 spiro atoms. The van der Waals surface area contributed by atoms with Crippen molar-refractivity contribution >= 4 is 33.4 Å². The van der Waals surface area contributed by atoms with Gasteiger partial charge in [-0.1, -0.05) is 30.3 Å². The SMILES string of the molecule is O=[N+]([O-])c1c(/C=C/N2CCCC2)ccc2c1ncc1ccccc12. The molecule has 0 saturated carbocycles. The summed E-state index contributed by atoms with van der Waals surface area (Å²) in [5.74, 6) is 0. The Morgan fingerprint density at radius 3 is 2.67 bits per heavy atom. The zero-order valence-corrected chi connectivity index (χ0v) is 13.2. The number of aromatic nitrogens is 1. The number of nitro benzene ring substituents is 1. The van der Waals surface area contributed by atoms with E-state index in [1.807, 2.05) is 48.7 Å². The fourth-order valence-corrected chi connectivity index (χ4v) is 3.33. The highest BCUT2D eigenvalue weighted by atomic mass is 16.6. The normalized spacial score (nSPS) is 14.9. The number of rotatable bonds is 3. The smallest absolute Gasteiger partial charge is 0.302 e. The summed E-state index contributed by atoms with van der Waals surface area (Å²) in [7, 11) is 0. The minimum absolute atomic E-state index is 0.0775. The van der Waals surface area contributed by atoms with E-state index in [0.29, 0.717) is 11.1 Å². The standard InChI is InChI=1S/C19H17N3O2/c23-22(24)19-14(9-12-21-10-3-4-11-21)7-8-17-16-6-2-1-5-15(16)13-20-18(17)19/h1-2,5-9,12-13H,3-4,10-11H2/b12-9+. The first kappa shape index (κ1) is 14.6. The number of hydrogen-bond donors (Lipinski definition) is 0. The Kier molecular flexibility index (Phi) is 3.61. The van der Waals surface area contributed by atoms with Crippen LogP contribution in [0.2, 0.25) is 0 Å². The van der Waals surface area contributed by atoms with Crippen molar-refractivity contribution in [2.75, 3.05) is 13.1 Å². The lowest BCUT2D eigenvalue weighted by Gasteiger charge is -2.10. The molecule has 1 aromatic heterocycles. The van der Waals surface area contributed by atoms with Crippen LogP contribution in [0.25, 0.3) is 27.8 Å². The van der Waals surface area contributed by atoms with Crippen LogP contribution >= 0.6 is 0 Å². The molecule has 24 heavy (non-hydrogen) atoms. The van der Waals surface area contributed by atoms with Gasteiger partial charge in [-0.05, 0) is 36.6 Å². The highest BCUT2D eigenvalue weighted by Gasteiger charge is 2.19. The topological polar surface area (TPSA) is 59.3 Å². The van der Waals surface area contributed by atoms with Crippen LogP contribution in [0.4, 0.5) is 5.69 Å². The number of likely N-dealkylation sites (tertiary alicyclic amines) is 1. The first-order chi connectivity index (χ1) is 11.7. The van der Waals surface area contributed by atoms with Crippen molar-refractivity contribution in [2.24, 2.45) is 0 Å². The maximum atomic E-state index is 11.7. The van der Waals surface area contributed by atoms with Crippen LogP contribution in [0.5, 0.6) is 0 Å². The van der Waals surface area contributed by atoms with E-state index in [0.717, 1.165) is 29.2 Å². The number of fused-ring (bicyclic) bond motifs is 3. The van der Waals surface area contributed by atoms with Gasteiger partial charge >= 0.3 is 5.69 Å². The van der Waals surface area contributed by atoms with Crippen molar-refractivity contribution in [3.63, 3.8) is 0 Å². The van der Waals surface area contributed by atoms with Gasteiger partial charge in [0.15, 0.2) is 0 Å². The summed E-state index contributed by atoms with van der Waals surface area (Å²) < 4.78 is 0. The van der Waals surface area contributed by atoms with Gasteiger partial charge in [0.2, 0.25) is 0 Å². The molecule has 1 aliphatic heterocycles. The van der Waals surface area contributed by atoms with Crippen molar-refractivity contribution in [3.8, 4) is 0 Å². The number of nitro groups is 1. The quantitative estimate of drug-likeness (QED) is 0.409. The Balaban J connectivity index is 1.90. The second-order valence-electron chi connectivity index (χ2n) is 6.06. The van der Waals surface area contributed by atoms with E-state index in [9.17, 15) is 10.1 Å². The molecule has 3 aromatic rings. The molecule has 0 bridgehead atoms. The Labute approximate surface area is 139 Å². The zero-order valence-electron chi connectivity index (χ0n) is 13.2. The molecule has 0 amide bonds. The summed E-state index contributed by atoms with van der Waals surface area (Å²) in [5, 5.41) is 14.5. The first-order valence-corrected chi connectivity index (χ1v) is 8.11. The molecule has 1 fully saturated rings. The maximum Gasteiger partial charge on any atom is 0.302 e. The maximum absolute atomic E-state index is 11.7. The minimum Gasteiger partial charge on any atom is -0.377 e. The van der Waals surface area contributed by atoms with Gasteiger partial charge in [0.05, 0.1) is 10.5 Å². The number of pyridine rings is 1. The molecule has 0 N–H and O–H groups in total.